The van der Waals surface area contributed by atoms with Crippen molar-refractivity contribution in [3.05, 3.63) is 58.9 Å². The molecular formula is C14H13BrClNO. The number of rotatable bonds is 5. The predicted octanol–water partition coefficient (Wildman–Crippen LogP) is 4.25. The second kappa shape index (κ2) is 6.76. The van der Waals surface area contributed by atoms with Crippen molar-refractivity contribution in [2.45, 2.75) is 11.8 Å². The van der Waals surface area contributed by atoms with Gasteiger partial charge in [-0.05, 0) is 29.8 Å². The van der Waals surface area contributed by atoms with Crippen molar-refractivity contribution in [1.82, 2.24) is 4.98 Å². The highest BCUT2D eigenvalue weighted by Crippen LogP contribution is 2.28. The molecule has 0 saturated carbocycles. The molecule has 2 aromatic rings. The van der Waals surface area contributed by atoms with Crippen molar-refractivity contribution < 1.29 is 4.74 Å². The number of benzene rings is 1. The summed E-state index contributed by atoms with van der Waals surface area (Å²) in [6.45, 7) is 0.629. The Morgan fingerprint density at radius 1 is 1.17 bits per heavy atom. The fraction of sp³-hybridized carbons (Fsp3) is 0.214. The molecule has 0 atom stereocenters. The summed E-state index contributed by atoms with van der Waals surface area (Å²) < 4.78 is 5.78. The van der Waals surface area contributed by atoms with Gasteiger partial charge in [-0.1, -0.05) is 33.6 Å². The van der Waals surface area contributed by atoms with Gasteiger partial charge in [0.1, 0.15) is 5.75 Å². The van der Waals surface area contributed by atoms with E-state index in [-0.39, 0.29) is 0 Å². The normalized spacial score (nSPS) is 10.3. The van der Waals surface area contributed by atoms with E-state index in [1.165, 1.54) is 5.56 Å². The molecule has 0 fully saturated rings. The largest absolute Gasteiger partial charge is 0.493 e. The molecule has 0 aliphatic heterocycles. The van der Waals surface area contributed by atoms with Crippen LogP contribution in [0.25, 0.3) is 0 Å². The summed E-state index contributed by atoms with van der Waals surface area (Å²) in [5.41, 5.74) is 2.21. The van der Waals surface area contributed by atoms with Crippen molar-refractivity contribution in [3.63, 3.8) is 0 Å². The van der Waals surface area contributed by atoms with E-state index in [1.807, 2.05) is 30.3 Å². The summed E-state index contributed by atoms with van der Waals surface area (Å²) in [5.74, 6) is 0.841. The average molecular weight is 327 g/mol. The zero-order chi connectivity index (χ0) is 12.8. The maximum absolute atomic E-state index is 6.11. The van der Waals surface area contributed by atoms with Gasteiger partial charge in [-0.2, -0.15) is 0 Å². The number of hydrogen-bond acceptors (Lipinski definition) is 2. The fourth-order valence-corrected chi connectivity index (χ4v) is 2.60. The summed E-state index contributed by atoms with van der Waals surface area (Å²) in [4.78, 5) is 3.99. The topological polar surface area (TPSA) is 22.1 Å². The number of aromatic nitrogens is 1. The van der Waals surface area contributed by atoms with E-state index >= 15 is 0 Å². The van der Waals surface area contributed by atoms with Crippen molar-refractivity contribution in [2.24, 2.45) is 0 Å². The van der Waals surface area contributed by atoms with Crippen LogP contribution in [0.1, 0.15) is 11.1 Å². The molecular weight excluding hydrogens is 314 g/mol. The summed E-state index contributed by atoms with van der Waals surface area (Å²) in [6.07, 6.45) is 4.44. The Morgan fingerprint density at radius 2 is 1.94 bits per heavy atom. The minimum Gasteiger partial charge on any atom is -0.493 e. The third-order valence-electron chi connectivity index (χ3n) is 2.61. The van der Waals surface area contributed by atoms with Crippen LogP contribution in [-0.2, 0) is 11.8 Å². The number of nitrogens with zero attached hydrogens (tertiary/aromatic N) is 1. The summed E-state index contributed by atoms with van der Waals surface area (Å²) in [6, 6.07) is 9.69. The maximum Gasteiger partial charge on any atom is 0.124 e. The van der Waals surface area contributed by atoms with E-state index in [9.17, 15) is 0 Å². The number of hydrogen-bond donors (Lipinski definition) is 0. The van der Waals surface area contributed by atoms with Crippen LogP contribution in [0.15, 0.2) is 42.7 Å². The molecule has 94 valence electrons. The van der Waals surface area contributed by atoms with Gasteiger partial charge in [0.05, 0.1) is 6.61 Å². The number of alkyl halides is 1. The van der Waals surface area contributed by atoms with Gasteiger partial charge < -0.3 is 4.74 Å². The molecule has 0 unspecified atom stereocenters. The number of pyridine rings is 1. The first-order chi connectivity index (χ1) is 8.81. The van der Waals surface area contributed by atoms with E-state index in [0.29, 0.717) is 11.9 Å². The molecule has 18 heavy (non-hydrogen) atoms. The highest BCUT2D eigenvalue weighted by atomic mass is 79.9. The van der Waals surface area contributed by atoms with Crippen molar-refractivity contribution >= 4 is 27.5 Å². The molecule has 0 radical (unpaired) electrons. The Kier molecular flexibility index (Phi) is 5.02. The summed E-state index contributed by atoms with van der Waals surface area (Å²) >= 11 is 9.53. The van der Waals surface area contributed by atoms with Gasteiger partial charge in [-0.25, -0.2) is 0 Å². The molecule has 4 heteroatoms. The molecule has 0 saturated heterocycles. The predicted molar refractivity (Wildman–Crippen MR) is 77.5 cm³/mol. The van der Waals surface area contributed by atoms with Gasteiger partial charge in [0, 0.05) is 34.7 Å². The Labute approximate surface area is 120 Å². The van der Waals surface area contributed by atoms with Gasteiger partial charge in [-0.15, -0.1) is 0 Å². The monoisotopic (exact) mass is 325 g/mol. The lowest BCUT2D eigenvalue weighted by atomic mass is 10.2. The smallest absolute Gasteiger partial charge is 0.124 e. The number of halogens is 2. The first kappa shape index (κ1) is 13.4. The average Bonchev–Trinajstić information content (AvgIpc) is 2.40. The Hall–Kier alpha value is -1.06. The fourth-order valence-electron chi connectivity index (χ4n) is 1.63. The lowest BCUT2D eigenvalue weighted by Crippen LogP contribution is -2.03. The maximum atomic E-state index is 6.11. The molecule has 0 spiro atoms. The minimum absolute atomic E-state index is 0.629. The molecule has 1 aromatic carbocycles. The van der Waals surface area contributed by atoms with E-state index < -0.39 is 0 Å². The quantitative estimate of drug-likeness (QED) is 0.766. The molecule has 0 aliphatic rings. The summed E-state index contributed by atoms with van der Waals surface area (Å²) in [5, 5.41) is 1.42. The van der Waals surface area contributed by atoms with Crippen LogP contribution in [0.2, 0.25) is 5.02 Å². The van der Waals surface area contributed by atoms with E-state index in [0.717, 1.165) is 22.8 Å². The van der Waals surface area contributed by atoms with E-state index in [2.05, 4.69) is 20.9 Å². The standard InChI is InChI=1S/C14H13BrClNO/c15-10-12-13(16)2-1-3-14(12)18-9-6-11-4-7-17-8-5-11/h1-5,7-8H,6,9-10H2. The van der Waals surface area contributed by atoms with Gasteiger partial charge >= 0.3 is 0 Å². The van der Waals surface area contributed by atoms with Crippen LogP contribution >= 0.6 is 27.5 Å². The van der Waals surface area contributed by atoms with Crippen LogP contribution < -0.4 is 4.74 Å². The molecule has 0 N–H and O–H groups in total. The van der Waals surface area contributed by atoms with Crippen LogP contribution in [0.5, 0.6) is 5.75 Å². The molecule has 0 amide bonds. The van der Waals surface area contributed by atoms with Crippen LogP contribution in [0.3, 0.4) is 0 Å². The summed E-state index contributed by atoms with van der Waals surface area (Å²) in [7, 11) is 0. The lowest BCUT2D eigenvalue weighted by molar-refractivity contribution is 0.319. The zero-order valence-corrected chi connectivity index (χ0v) is 12.1. The Bertz CT molecular complexity index is 504. The molecule has 1 heterocycles. The van der Waals surface area contributed by atoms with Crippen molar-refractivity contribution in [2.75, 3.05) is 6.61 Å². The first-order valence-electron chi connectivity index (χ1n) is 5.66. The molecule has 2 rings (SSSR count). The van der Waals surface area contributed by atoms with Gasteiger partial charge in [0.15, 0.2) is 0 Å². The van der Waals surface area contributed by atoms with Crippen molar-refractivity contribution in [1.29, 1.82) is 0 Å². The van der Waals surface area contributed by atoms with Gasteiger partial charge in [0.2, 0.25) is 0 Å². The van der Waals surface area contributed by atoms with Crippen molar-refractivity contribution in [3.8, 4) is 5.75 Å². The van der Waals surface area contributed by atoms with Gasteiger partial charge in [0.25, 0.3) is 0 Å². The third kappa shape index (κ3) is 3.47. The third-order valence-corrected chi connectivity index (χ3v) is 3.52. The Morgan fingerprint density at radius 3 is 2.67 bits per heavy atom. The molecule has 2 nitrogen and oxygen atoms in total. The van der Waals surface area contributed by atoms with Crippen LogP contribution in [0, 0.1) is 0 Å². The second-order valence-corrected chi connectivity index (χ2v) is 4.77. The first-order valence-corrected chi connectivity index (χ1v) is 7.16. The van der Waals surface area contributed by atoms with E-state index in [4.69, 9.17) is 16.3 Å². The lowest BCUT2D eigenvalue weighted by Gasteiger charge is -2.11. The minimum atomic E-state index is 0.629. The van der Waals surface area contributed by atoms with E-state index in [1.54, 1.807) is 12.4 Å². The SMILES string of the molecule is Clc1cccc(OCCc2ccncc2)c1CBr. The molecule has 1 aromatic heterocycles. The van der Waals surface area contributed by atoms with Crippen LogP contribution in [0.4, 0.5) is 0 Å². The molecule has 0 bridgehead atoms. The Balaban J connectivity index is 1.96. The highest BCUT2D eigenvalue weighted by molar-refractivity contribution is 9.08. The van der Waals surface area contributed by atoms with Gasteiger partial charge in [-0.3, -0.25) is 4.98 Å². The second-order valence-electron chi connectivity index (χ2n) is 3.80. The van der Waals surface area contributed by atoms with Crippen LogP contribution in [-0.4, -0.2) is 11.6 Å². The highest BCUT2D eigenvalue weighted by Gasteiger charge is 2.06. The molecule has 0 aliphatic carbocycles. The zero-order valence-electron chi connectivity index (χ0n) is 9.77. The number of ether oxygens (including phenoxy) is 1.